The number of rotatable bonds is 0. The molecule has 0 aromatic carbocycles. The van der Waals surface area contributed by atoms with E-state index in [1.54, 1.807) is 6.20 Å². The molecule has 1 aliphatic heterocycles. The SMILES string of the molecule is C=C1CC(C)Oc2cccnc21. The zero-order valence-corrected chi connectivity index (χ0v) is 7.08. The van der Waals surface area contributed by atoms with Gasteiger partial charge in [0, 0.05) is 12.6 Å². The minimum absolute atomic E-state index is 0.231. The third kappa shape index (κ3) is 1.09. The molecule has 0 saturated heterocycles. The van der Waals surface area contributed by atoms with Gasteiger partial charge in [-0.3, -0.25) is 4.98 Å². The zero-order valence-electron chi connectivity index (χ0n) is 7.08. The summed E-state index contributed by atoms with van der Waals surface area (Å²) < 4.78 is 5.58. The highest BCUT2D eigenvalue weighted by molar-refractivity contribution is 5.67. The Labute approximate surface area is 71.9 Å². The largest absolute Gasteiger partial charge is 0.488 e. The number of fused-ring (bicyclic) bond motifs is 1. The van der Waals surface area contributed by atoms with Gasteiger partial charge in [0.15, 0.2) is 0 Å². The third-order valence-corrected chi connectivity index (χ3v) is 1.97. The molecular formula is C10H11NO. The van der Waals surface area contributed by atoms with Gasteiger partial charge in [-0.15, -0.1) is 0 Å². The van der Waals surface area contributed by atoms with Crippen LogP contribution in [0.2, 0.25) is 0 Å². The van der Waals surface area contributed by atoms with E-state index in [2.05, 4.69) is 11.6 Å². The van der Waals surface area contributed by atoms with E-state index in [1.165, 1.54) is 0 Å². The Bertz CT molecular complexity index is 319. The Hall–Kier alpha value is -1.31. The van der Waals surface area contributed by atoms with Crippen molar-refractivity contribution in [2.24, 2.45) is 0 Å². The molecule has 0 aliphatic carbocycles. The first-order chi connectivity index (χ1) is 5.77. The van der Waals surface area contributed by atoms with E-state index in [0.717, 1.165) is 23.4 Å². The van der Waals surface area contributed by atoms with Gasteiger partial charge in [-0.1, -0.05) is 6.58 Å². The molecular weight excluding hydrogens is 150 g/mol. The van der Waals surface area contributed by atoms with Crippen LogP contribution in [0.1, 0.15) is 19.0 Å². The molecule has 2 rings (SSSR count). The molecule has 2 nitrogen and oxygen atoms in total. The van der Waals surface area contributed by atoms with E-state index >= 15 is 0 Å². The highest BCUT2D eigenvalue weighted by Crippen LogP contribution is 2.31. The summed E-state index contributed by atoms with van der Waals surface area (Å²) in [6.07, 6.45) is 2.88. The van der Waals surface area contributed by atoms with Gasteiger partial charge in [-0.05, 0) is 24.6 Å². The summed E-state index contributed by atoms with van der Waals surface area (Å²) in [7, 11) is 0. The van der Waals surface area contributed by atoms with Gasteiger partial charge < -0.3 is 4.74 Å². The molecule has 0 fully saturated rings. The molecule has 1 atom stereocenters. The molecule has 62 valence electrons. The van der Waals surface area contributed by atoms with Crippen LogP contribution in [0.3, 0.4) is 0 Å². The molecule has 2 heteroatoms. The number of ether oxygens (including phenoxy) is 1. The van der Waals surface area contributed by atoms with Crippen LogP contribution in [0, 0.1) is 0 Å². The van der Waals surface area contributed by atoms with Gasteiger partial charge in [0.2, 0.25) is 0 Å². The van der Waals surface area contributed by atoms with Crippen LogP contribution in [0.4, 0.5) is 0 Å². The van der Waals surface area contributed by atoms with Gasteiger partial charge in [0.05, 0.1) is 0 Å². The second-order valence-corrected chi connectivity index (χ2v) is 3.09. The lowest BCUT2D eigenvalue weighted by molar-refractivity contribution is 0.217. The van der Waals surface area contributed by atoms with E-state index in [4.69, 9.17) is 4.74 Å². The number of hydrogen-bond donors (Lipinski definition) is 0. The van der Waals surface area contributed by atoms with Gasteiger partial charge >= 0.3 is 0 Å². The molecule has 0 saturated carbocycles. The second kappa shape index (κ2) is 2.63. The molecule has 0 radical (unpaired) electrons. The summed E-state index contributed by atoms with van der Waals surface area (Å²) in [6, 6.07) is 3.81. The Morgan fingerprint density at radius 1 is 1.67 bits per heavy atom. The number of hydrogen-bond acceptors (Lipinski definition) is 2. The summed E-state index contributed by atoms with van der Waals surface area (Å²) in [5.74, 6) is 0.862. The van der Waals surface area contributed by atoms with Crippen molar-refractivity contribution in [2.75, 3.05) is 0 Å². The Morgan fingerprint density at radius 2 is 2.50 bits per heavy atom. The highest BCUT2D eigenvalue weighted by Gasteiger charge is 2.19. The molecule has 1 aromatic heterocycles. The number of nitrogens with zero attached hydrogens (tertiary/aromatic N) is 1. The first-order valence-electron chi connectivity index (χ1n) is 4.07. The molecule has 0 amide bonds. The molecule has 0 N–H and O–H groups in total. The summed E-state index contributed by atoms with van der Waals surface area (Å²) in [6.45, 7) is 6.01. The molecule has 12 heavy (non-hydrogen) atoms. The van der Waals surface area contributed by atoms with Crippen molar-refractivity contribution in [3.8, 4) is 5.75 Å². The lowest BCUT2D eigenvalue weighted by Crippen LogP contribution is -2.18. The number of pyridine rings is 1. The minimum atomic E-state index is 0.231. The highest BCUT2D eigenvalue weighted by atomic mass is 16.5. The Kier molecular flexibility index (Phi) is 1.61. The molecule has 1 aliphatic rings. The van der Waals surface area contributed by atoms with Crippen LogP contribution >= 0.6 is 0 Å². The Balaban J connectivity index is 2.47. The number of aromatic nitrogens is 1. The van der Waals surface area contributed by atoms with Crippen LogP contribution < -0.4 is 4.74 Å². The van der Waals surface area contributed by atoms with E-state index < -0.39 is 0 Å². The minimum Gasteiger partial charge on any atom is -0.488 e. The van der Waals surface area contributed by atoms with E-state index in [9.17, 15) is 0 Å². The Morgan fingerprint density at radius 3 is 3.33 bits per heavy atom. The fourth-order valence-electron chi connectivity index (χ4n) is 1.45. The van der Waals surface area contributed by atoms with Crippen molar-refractivity contribution in [1.82, 2.24) is 4.98 Å². The molecule has 2 heterocycles. The summed E-state index contributed by atoms with van der Waals surface area (Å²) in [5.41, 5.74) is 1.99. The van der Waals surface area contributed by atoms with Gasteiger partial charge in [0.25, 0.3) is 0 Å². The maximum Gasteiger partial charge on any atom is 0.145 e. The topological polar surface area (TPSA) is 22.1 Å². The monoisotopic (exact) mass is 161 g/mol. The quantitative estimate of drug-likeness (QED) is 0.582. The summed E-state index contributed by atoms with van der Waals surface area (Å²) in [4.78, 5) is 4.21. The average Bonchev–Trinajstić information content (AvgIpc) is 2.04. The van der Waals surface area contributed by atoms with Gasteiger partial charge in [-0.25, -0.2) is 0 Å². The van der Waals surface area contributed by atoms with Crippen molar-refractivity contribution in [1.29, 1.82) is 0 Å². The summed E-state index contributed by atoms with van der Waals surface area (Å²) in [5, 5.41) is 0. The summed E-state index contributed by atoms with van der Waals surface area (Å²) >= 11 is 0. The first kappa shape index (κ1) is 7.35. The molecule has 0 bridgehead atoms. The first-order valence-corrected chi connectivity index (χ1v) is 4.07. The standard InChI is InChI=1S/C10H11NO/c1-7-6-8(2)12-9-4-3-5-11-10(7)9/h3-5,8H,1,6H2,2H3. The van der Waals surface area contributed by atoms with Crippen molar-refractivity contribution >= 4 is 5.57 Å². The molecule has 0 spiro atoms. The fourth-order valence-corrected chi connectivity index (χ4v) is 1.45. The van der Waals surface area contributed by atoms with Gasteiger partial charge in [0.1, 0.15) is 17.5 Å². The van der Waals surface area contributed by atoms with Crippen molar-refractivity contribution in [3.63, 3.8) is 0 Å². The second-order valence-electron chi connectivity index (χ2n) is 3.09. The van der Waals surface area contributed by atoms with E-state index in [-0.39, 0.29) is 6.10 Å². The van der Waals surface area contributed by atoms with Crippen LogP contribution in [0.5, 0.6) is 5.75 Å². The van der Waals surface area contributed by atoms with Crippen LogP contribution in [-0.2, 0) is 0 Å². The maximum atomic E-state index is 5.58. The smallest absolute Gasteiger partial charge is 0.145 e. The van der Waals surface area contributed by atoms with Gasteiger partial charge in [-0.2, -0.15) is 0 Å². The van der Waals surface area contributed by atoms with Crippen LogP contribution in [0.15, 0.2) is 24.9 Å². The van der Waals surface area contributed by atoms with Crippen LogP contribution in [0.25, 0.3) is 5.57 Å². The molecule has 1 unspecified atom stereocenters. The zero-order chi connectivity index (χ0) is 8.55. The van der Waals surface area contributed by atoms with Crippen molar-refractivity contribution < 1.29 is 4.74 Å². The average molecular weight is 161 g/mol. The third-order valence-electron chi connectivity index (χ3n) is 1.97. The van der Waals surface area contributed by atoms with Crippen molar-refractivity contribution in [3.05, 3.63) is 30.6 Å². The predicted molar refractivity (Wildman–Crippen MR) is 48.0 cm³/mol. The molecule has 1 aromatic rings. The lowest BCUT2D eigenvalue weighted by atomic mass is 10.0. The normalized spacial score (nSPS) is 21.4. The maximum absolute atomic E-state index is 5.58. The lowest BCUT2D eigenvalue weighted by Gasteiger charge is -2.23. The fraction of sp³-hybridized carbons (Fsp3) is 0.300. The van der Waals surface area contributed by atoms with E-state index in [1.807, 2.05) is 19.1 Å². The van der Waals surface area contributed by atoms with Crippen LogP contribution in [-0.4, -0.2) is 11.1 Å². The van der Waals surface area contributed by atoms with E-state index in [0.29, 0.717) is 0 Å². The van der Waals surface area contributed by atoms with Crippen molar-refractivity contribution in [2.45, 2.75) is 19.4 Å². The predicted octanol–water partition coefficient (Wildman–Crippen LogP) is 2.27.